The van der Waals surface area contributed by atoms with Crippen LogP contribution in [0, 0.1) is 0 Å². The SMILES string of the molecule is NC1C(C(=O)O)SC1C(O)c1ccc(S(=O)(=O)O)cc1. The number of hydrogen-bond acceptors (Lipinski definition) is 6. The van der Waals surface area contributed by atoms with Crippen LogP contribution in [-0.2, 0) is 14.9 Å². The molecule has 1 aromatic carbocycles. The fraction of sp³-hybridized carbons (Fsp3) is 0.364. The lowest BCUT2D eigenvalue weighted by molar-refractivity contribution is -0.137. The van der Waals surface area contributed by atoms with Crippen LogP contribution in [0.5, 0.6) is 0 Å². The van der Waals surface area contributed by atoms with Crippen molar-refractivity contribution in [1.29, 1.82) is 0 Å². The van der Waals surface area contributed by atoms with Crippen LogP contribution >= 0.6 is 11.8 Å². The first-order valence-corrected chi connectivity index (χ1v) is 7.99. The molecule has 0 bridgehead atoms. The number of thioether (sulfide) groups is 1. The second-order valence-corrected chi connectivity index (χ2v) is 7.17. The van der Waals surface area contributed by atoms with Gasteiger partial charge < -0.3 is 15.9 Å². The van der Waals surface area contributed by atoms with Crippen molar-refractivity contribution in [2.45, 2.75) is 27.5 Å². The van der Waals surface area contributed by atoms with Crippen molar-refractivity contribution in [2.75, 3.05) is 0 Å². The van der Waals surface area contributed by atoms with Gasteiger partial charge in [-0.05, 0) is 17.7 Å². The Morgan fingerprint density at radius 3 is 2.25 bits per heavy atom. The summed E-state index contributed by atoms with van der Waals surface area (Å²) in [7, 11) is -4.28. The highest BCUT2D eigenvalue weighted by Crippen LogP contribution is 2.43. The lowest BCUT2D eigenvalue weighted by atomic mass is 9.98. The monoisotopic (exact) mass is 319 g/mol. The quantitative estimate of drug-likeness (QED) is 0.563. The van der Waals surface area contributed by atoms with Gasteiger partial charge >= 0.3 is 5.97 Å². The summed E-state index contributed by atoms with van der Waals surface area (Å²) in [5, 5.41) is 17.7. The predicted octanol–water partition coefficient (Wildman–Crippen LogP) is -0.137. The molecular weight excluding hydrogens is 306 g/mol. The Hall–Kier alpha value is -1.13. The number of aliphatic hydroxyl groups is 1. The van der Waals surface area contributed by atoms with Crippen molar-refractivity contribution in [2.24, 2.45) is 5.73 Å². The third-order valence-corrected chi connectivity index (χ3v) is 5.67. The van der Waals surface area contributed by atoms with Crippen molar-refractivity contribution >= 4 is 27.8 Å². The number of carbonyl (C=O) groups is 1. The maximum absolute atomic E-state index is 10.9. The molecular formula is C11H13NO6S2. The number of carboxylic acid groups (broad SMARTS) is 1. The zero-order valence-electron chi connectivity index (χ0n) is 10.1. The number of carboxylic acids is 1. The van der Waals surface area contributed by atoms with Crippen molar-refractivity contribution in [3.8, 4) is 0 Å². The molecule has 1 fully saturated rings. The highest BCUT2D eigenvalue weighted by atomic mass is 32.2. The smallest absolute Gasteiger partial charge is 0.318 e. The minimum absolute atomic E-state index is 0.276. The van der Waals surface area contributed by atoms with Crippen molar-refractivity contribution in [3.05, 3.63) is 29.8 Å². The molecule has 0 radical (unpaired) electrons. The van der Waals surface area contributed by atoms with Gasteiger partial charge in [-0.25, -0.2) is 0 Å². The molecule has 1 heterocycles. The first-order chi connectivity index (χ1) is 9.21. The van der Waals surface area contributed by atoms with Crippen molar-refractivity contribution in [3.63, 3.8) is 0 Å². The van der Waals surface area contributed by atoms with Gasteiger partial charge in [0.1, 0.15) is 5.25 Å². The van der Waals surface area contributed by atoms with E-state index in [4.69, 9.17) is 15.4 Å². The van der Waals surface area contributed by atoms with E-state index in [1.807, 2.05) is 0 Å². The highest BCUT2D eigenvalue weighted by Gasteiger charge is 2.47. The van der Waals surface area contributed by atoms with E-state index in [0.29, 0.717) is 5.56 Å². The van der Waals surface area contributed by atoms with E-state index >= 15 is 0 Å². The van der Waals surface area contributed by atoms with Crippen LogP contribution in [0.4, 0.5) is 0 Å². The number of rotatable bonds is 4. The first-order valence-electron chi connectivity index (χ1n) is 5.61. The van der Waals surface area contributed by atoms with Crippen LogP contribution in [-0.4, -0.2) is 45.7 Å². The normalized spacial score (nSPS) is 27.6. The average Bonchev–Trinajstić information content (AvgIpc) is 2.35. The van der Waals surface area contributed by atoms with Gasteiger partial charge in [-0.1, -0.05) is 12.1 Å². The highest BCUT2D eigenvalue weighted by molar-refractivity contribution is 8.02. The van der Waals surface area contributed by atoms with E-state index in [9.17, 15) is 18.3 Å². The number of benzene rings is 1. The molecule has 1 aliphatic heterocycles. The van der Waals surface area contributed by atoms with Crippen molar-refractivity contribution < 1.29 is 28.0 Å². The summed E-state index contributed by atoms with van der Waals surface area (Å²) in [5.41, 5.74) is 6.12. The molecule has 0 saturated carbocycles. The van der Waals surface area contributed by atoms with Gasteiger partial charge in [-0.2, -0.15) is 8.42 Å². The lowest BCUT2D eigenvalue weighted by Crippen LogP contribution is -2.57. The van der Waals surface area contributed by atoms with Gasteiger partial charge in [0, 0.05) is 6.04 Å². The molecule has 1 aromatic rings. The molecule has 0 spiro atoms. The van der Waals surface area contributed by atoms with Crippen LogP contribution in [0.1, 0.15) is 11.7 Å². The molecule has 20 heavy (non-hydrogen) atoms. The summed E-state index contributed by atoms with van der Waals surface area (Å²) in [4.78, 5) is 10.5. The Morgan fingerprint density at radius 2 is 1.85 bits per heavy atom. The Morgan fingerprint density at radius 1 is 1.30 bits per heavy atom. The average molecular weight is 319 g/mol. The van der Waals surface area contributed by atoms with Crippen LogP contribution in [0.25, 0.3) is 0 Å². The number of aliphatic carboxylic acids is 1. The maximum Gasteiger partial charge on any atom is 0.318 e. The first kappa shape index (κ1) is 15.3. The van der Waals surface area contributed by atoms with E-state index in [-0.39, 0.29) is 4.90 Å². The third kappa shape index (κ3) is 2.81. The summed E-state index contributed by atoms with van der Waals surface area (Å²) >= 11 is 1.06. The summed E-state index contributed by atoms with van der Waals surface area (Å²) in [6, 6.07) is 4.37. The van der Waals surface area contributed by atoms with Crippen molar-refractivity contribution in [1.82, 2.24) is 0 Å². The molecule has 0 aromatic heterocycles. The Labute approximate surface area is 119 Å². The zero-order valence-corrected chi connectivity index (χ0v) is 11.7. The fourth-order valence-electron chi connectivity index (χ4n) is 1.97. The summed E-state index contributed by atoms with van der Waals surface area (Å²) in [6.45, 7) is 0. The summed E-state index contributed by atoms with van der Waals surface area (Å²) in [5.74, 6) is -1.02. The molecule has 110 valence electrons. The maximum atomic E-state index is 10.9. The van der Waals surface area contributed by atoms with Gasteiger partial charge in [0.2, 0.25) is 0 Å². The standard InChI is InChI=1S/C11H13NO6S2/c12-7-9(19-10(7)11(14)15)8(13)5-1-3-6(4-2-5)20(16,17)18/h1-4,7-10,13H,12H2,(H,14,15)(H,16,17,18). The predicted molar refractivity (Wildman–Crippen MR) is 72.0 cm³/mol. The molecule has 2 rings (SSSR count). The second kappa shape index (κ2) is 5.34. The van der Waals surface area contributed by atoms with E-state index in [1.165, 1.54) is 12.1 Å². The Balaban J connectivity index is 2.11. The number of aliphatic hydroxyl groups excluding tert-OH is 1. The topological polar surface area (TPSA) is 138 Å². The molecule has 9 heteroatoms. The van der Waals surface area contributed by atoms with Crippen LogP contribution in [0.2, 0.25) is 0 Å². The minimum Gasteiger partial charge on any atom is -0.480 e. The second-order valence-electron chi connectivity index (χ2n) is 4.43. The van der Waals surface area contributed by atoms with E-state index in [0.717, 1.165) is 23.9 Å². The van der Waals surface area contributed by atoms with E-state index < -0.39 is 38.7 Å². The molecule has 0 amide bonds. The van der Waals surface area contributed by atoms with Crippen LogP contribution in [0.15, 0.2) is 29.2 Å². The van der Waals surface area contributed by atoms with Gasteiger partial charge in [0.25, 0.3) is 10.1 Å². The molecule has 4 atom stereocenters. The lowest BCUT2D eigenvalue weighted by Gasteiger charge is -2.41. The molecule has 1 saturated heterocycles. The largest absolute Gasteiger partial charge is 0.480 e. The minimum atomic E-state index is -4.28. The number of hydrogen-bond donors (Lipinski definition) is 4. The zero-order chi connectivity index (χ0) is 15.1. The molecule has 0 aliphatic carbocycles. The third-order valence-electron chi connectivity index (χ3n) is 3.11. The van der Waals surface area contributed by atoms with Gasteiger partial charge in [0.05, 0.1) is 16.2 Å². The molecule has 1 aliphatic rings. The van der Waals surface area contributed by atoms with E-state index in [2.05, 4.69) is 0 Å². The molecule has 7 nitrogen and oxygen atoms in total. The fourth-order valence-corrected chi connectivity index (χ4v) is 3.63. The van der Waals surface area contributed by atoms with Gasteiger partial charge in [-0.3, -0.25) is 9.35 Å². The van der Waals surface area contributed by atoms with Gasteiger partial charge in [0.15, 0.2) is 0 Å². The Kier molecular flexibility index (Phi) is 4.07. The summed E-state index contributed by atoms with van der Waals surface area (Å²) < 4.78 is 30.6. The van der Waals surface area contributed by atoms with E-state index in [1.54, 1.807) is 0 Å². The van der Waals surface area contributed by atoms with Crippen LogP contribution in [0.3, 0.4) is 0 Å². The van der Waals surface area contributed by atoms with Gasteiger partial charge in [-0.15, -0.1) is 11.8 Å². The Bertz CT molecular complexity index is 614. The molecule has 5 N–H and O–H groups in total. The summed E-state index contributed by atoms with van der Waals surface area (Å²) in [6.07, 6.45) is -0.999. The van der Waals surface area contributed by atoms with Crippen LogP contribution < -0.4 is 5.73 Å². The number of nitrogens with two attached hydrogens (primary N) is 1. The molecule has 4 unspecified atom stereocenters.